The number of pyridine rings is 1. The standard InChI is InChI=1S/C22H24N4.C12H10N.Ir/c1-3-9-21(10-4-1)25-17-15-23(19-25)13-7-8-14-24-16-18-26(20-24)22-11-5-2-6-12-22;1-10-7-8-12(13-9-10)11-5-3-2-4-6-11;/h1-6,9,11,15,17,19-20H,7-8,13-14,16,18H2;2-5,7-9H,1H3;/q-4;-1;. The number of anilines is 2. The molecule has 0 saturated carbocycles. The van der Waals surface area contributed by atoms with E-state index in [4.69, 9.17) is 0 Å². The van der Waals surface area contributed by atoms with Gasteiger partial charge in [-0.2, -0.15) is 74.0 Å². The van der Waals surface area contributed by atoms with Gasteiger partial charge in [0, 0.05) is 26.3 Å². The maximum Gasteiger partial charge on any atom is 0.0190 e. The van der Waals surface area contributed by atoms with Gasteiger partial charge >= 0.3 is 0 Å². The van der Waals surface area contributed by atoms with Crippen LogP contribution in [0.4, 0.5) is 11.4 Å². The van der Waals surface area contributed by atoms with Crippen LogP contribution in [0.5, 0.6) is 0 Å². The molecule has 2 aliphatic heterocycles. The molecular weight excluding hydrogens is 671 g/mol. The molecule has 1 radical (unpaired) electrons. The van der Waals surface area contributed by atoms with Crippen LogP contribution >= 0.6 is 0 Å². The van der Waals surface area contributed by atoms with Gasteiger partial charge in [0.1, 0.15) is 0 Å². The Bertz CT molecular complexity index is 1280. The van der Waals surface area contributed by atoms with Crippen LogP contribution < -0.4 is 9.80 Å². The SMILES string of the molecule is Cc1ccc(-c2[c-]cccc2)nc1.[Ir].[c-]1ccccc1N1C=CN(CCCCN2[CH-]N(c3[c-]cccc3)CC2)[CH-]1. The quantitative estimate of drug-likeness (QED) is 0.153. The molecule has 6 heteroatoms. The molecule has 1 fully saturated rings. The fourth-order valence-electron chi connectivity index (χ4n) is 4.47. The average Bonchev–Trinajstić information content (AvgIpc) is 3.68. The molecule has 40 heavy (non-hydrogen) atoms. The Labute approximate surface area is 253 Å². The van der Waals surface area contributed by atoms with Crippen molar-refractivity contribution in [1.29, 1.82) is 0 Å². The molecule has 0 aliphatic carbocycles. The Morgan fingerprint density at radius 2 is 1.48 bits per heavy atom. The van der Waals surface area contributed by atoms with E-state index in [0.717, 1.165) is 48.8 Å². The third-order valence-corrected chi connectivity index (χ3v) is 6.60. The number of unbranched alkanes of at least 4 members (excludes halogenated alkanes) is 1. The zero-order valence-electron chi connectivity index (χ0n) is 22.8. The Kier molecular flexibility index (Phi) is 11.4. The van der Waals surface area contributed by atoms with Crippen molar-refractivity contribution in [2.75, 3.05) is 36.0 Å². The van der Waals surface area contributed by atoms with Gasteiger partial charge in [-0.15, -0.1) is 47.3 Å². The molecule has 1 saturated heterocycles. The summed E-state index contributed by atoms with van der Waals surface area (Å²) >= 11 is 0. The molecule has 209 valence electrons. The molecule has 6 rings (SSSR count). The first-order chi connectivity index (χ1) is 19.2. The molecule has 0 bridgehead atoms. The second kappa shape index (κ2) is 15.4. The van der Waals surface area contributed by atoms with Crippen LogP contribution in [0.25, 0.3) is 11.3 Å². The number of para-hydroxylation sites is 2. The number of benzene rings is 3. The first-order valence-corrected chi connectivity index (χ1v) is 13.5. The van der Waals surface area contributed by atoms with Gasteiger partial charge in [-0.25, -0.2) is 0 Å². The minimum Gasteiger partial charge on any atom is -0.528 e. The molecule has 3 aromatic carbocycles. The summed E-state index contributed by atoms with van der Waals surface area (Å²) in [7, 11) is 0. The van der Waals surface area contributed by atoms with E-state index in [1.165, 1.54) is 18.4 Å². The van der Waals surface area contributed by atoms with Gasteiger partial charge in [0.25, 0.3) is 0 Å². The van der Waals surface area contributed by atoms with Crippen LogP contribution in [0.2, 0.25) is 0 Å². The van der Waals surface area contributed by atoms with E-state index < -0.39 is 0 Å². The third kappa shape index (κ3) is 8.53. The Morgan fingerprint density at radius 1 is 0.750 bits per heavy atom. The number of nitrogens with zero attached hydrogens (tertiary/aromatic N) is 5. The van der Waals surface area contributed by atoms with Crippen molar-refractivity contribution in [3.05, 3.63) is 141 Å². The smallest absolute Gasteiger partial charge is 0.0190 e. The predicted molar refractivity (Wildman–Crippen MR) is 159 cm³/mol. The number of aryl methyl sites for hydroxylation is 1. The topological polar surface area (TPSA) is 25.9 Å². The number of rotatable bonds is 8. The number of hydrogen-bond donors (Lipinski definition) is 0. The van der Waals surface area contributed by atoms with Gasteiger partial charge in [0.15, 0.2) is 0 Å². The van der Waals surface area contributed by atoms with E-state index in [0.29, 0.717) is 0 Å². The van der Waals surface area contributed by atoms with Crippen LogP contribution in [-0.2, 0) is 20.1 Å². The summed E-state index contributed by atoms with van der Waals surface area (Å²) in [6, 6.07) is 37.8. The summed E-state index contributed by atoms with van der Waals surface area (Å²) < 4.78 is 0. The monoisotopic (exact) mass is 705 g/mol. The van der Waals surface area contributed by atoms with E-state index in [2.05, 4.69) is 92.8 Å². The fraction of sp³-hybridized carbons (Fsp3) is 0.206. The van der Waals surface area contributed by atoms with Crippen molar-refractivity contribution in [2.45, 2.75) is 19.8 Å². The molecule has 2 aliphatic rings. The number of aromatic nitrogens is 1. The van der Waals surface area contributed by atoms with Gasteiger partial charge < -0.3 is 24.6 Å². The zero-order chi connectivity index (χ0) is 26.7. The average molecular weight is 705 g/mol. The molecule has 0 spiro atoms. The van der Waals surface area contributed by atoms with Crippen LogP contribution in [0.3, 0.4) is 0 Å². The summed E-state index contributed by atoms with van der Waals surface area (Å²) in [5, 5.41) is 0. The van der Waals surface area contributed by atoms with Crippen molar-refractivity contribution >= 4 is 11.4 Å². The van der Waals surface area contributed by atoms with E-state index >= 15 is 0 Å². The molecule has 0 atom stereocenters. The summed E-state index contributed by atoms with van der Waals surface area (Å²) in [5.41, 5.74) is 5.44. The minimum absolute atomic E-state index is 0. The molecule has 0 N–H and O–H groups in total. The van der Waals surface area contributed by atoms with Gasteiger partial charge in [-0.3, -0.25) is 0 Å². The molecule has 0 amide bonds. The normalized spacial score (nSPS) is 14.6. The summed E-state index contributed by atoms with van der Waals surface area (Å²) in [4.78, 5) is 13.4. The predicted octanol–water partition coefficient (Wildman–Crippen LogP) is 6.58. The molecule has 1 aromatic heterocycles. The van der Waals surface area contributed by atoms with Crippen LogP contribution in [-0.4, -0.2) is 41.0 Å². The molecule has 0 unspecified atom stereocenters. The van der Waals surface area contributed by atoms with Crippen molar-refractivity contribution in [2.24, 2.45) is 0 Å². The second-order valence-electron chi connectivity index (χ2n) is 9.60. The van der Waals surface area contributed by atoms with Crippen LogP contribution in [0.1, 0.15) is 18.4 Å². The van der Waals surface area contributed by atoms with Crippen LogP contribution in [0.15, 0.2) is 104 Å². The summed E-state index contributed by atoms with van der Waals surface area (Å²) in [6.07, 6.45) is 8.47. The van der Waals surface area contributed by atoms with Crippen molar-refractivity contribution in [3.8, 4) is 11.3 Å². The first-order valence-electron chi connectivity index (χ1n) is 13.5. The summed E-state index contributed by atoms with van der Waals surface area (Å²) in [5.74, 6) is 0. The first kappa shape index (κ1) is 29.5. The van der Waals surface area contributed by atoms with E-state index in [-0.39, 0.29) is 20.1 Å². The van der Waals surface area contributed by atoms with E-state index in [1.54, 1.807) is 0 Å². The maximum absolute atomic E-state index is 4.32. The Morgan fingerprint density at radius 3 is 2.15 bits per heavy atom. The summed E-state index contributed by atoms with van der Waals surface area (Å²) in [6.45, 7) is 10.7. The minimum atomic E-state index is 0. The van der Waals surface area contributed by atoms with E-state index in [9.17, 15) is 0 Å². The molecule has 4 aromatic rings. The number of hydrogen-bond acceptors (Lipinski definition) is 5. The Hall–Kier alpha value is -3.44. The van der Waals surface area contributed by atoms with E-state index in [1.807, 2.05) is 73.8 Å². The van der Waals surface area contributed by atoms with Crippen molar-refractivity contribution in [1.82, 2.24) is 14.8 Å². The zero-order valence-corrected chi connectivity index (χ0v) is 25.2. The maximum atomic E-state index is 4.32. The van der Waals surface area contributed by atoms with Crippen molar-refractivity contribution in [3.63, 3.8) is 0 Å². The van der Waals surface area contributed by atoms with Gasteiger partial charge in [0.2, 0.25) is 0 Å². The van der Waals surface area contributed by atoms with Gasteiger partial charge in [-0.1, -0.05) is 12.1 Å². The molecule has 5 nitrogen and oxygen atoms in total. The second-order valence-corrected chi connectivity index (χ2v) is 9.60. The Balaban J connectivity index is 0.000000223. The largest absolute Gasteiger partial charge is 0.528 e. The molecular formula is C34H34IrN5-5. The fourth-order valence-corrected chi connectivity index (χ4v) is 4.47. The third-order valence-electron chi connectivity index (χ3n) is 6.60. The van der Waals surface area contributed by atoms with Crippen molar-refractivity contribution < 1.29 is 20.1 Å². The van der Waals surface area contributed by atoms with Gasteiger partial charge in [-0.05, 0) is 69.6 Å². The van der Waals surface area contributed by atoms with Gasteiger partial charge in [0.05, 0.1) is 0 Å². The molecule has 3 heterocycles. The van der Waals surface area contributed by atoms with Crippen LogP contribution in [0, 0.1) is 38.5 Å².